The Kier molecular flexibility index (Phi) is 6.53. The average Bonchev–Trinajstić information content (AvgIpc) is 3.28. The number of aryl methyl sites for hydroxylation is 1. The van der Waals surface area contributed by atoms with Crippen LogP contribution in [0.3, 0.4) is 0 Å². The summed E-state index contributed by atoms with van der Waals surface area (Å²) < 4.78 is 0. The number of carbonyl (C=O) groups excluding carboxylic acids is 2. The largest absolute Gasteiger partial charge is 0.348 e. The Labute approximate surface area is 174 Å². The van der Waals surface area contributed by atoms with Crippen LogP contribution in [-0.2, 0) is 16.0 Å². The minimum Gasteiger partial charge on any atom is -0.348 e. The minimum absolute atomic E-state index is 0.0505. The number of fused-ring (bicyclic) bond motifs is 1. The summed E-state index contributed by atoms with van der Waals surface area (Å²) in [5.41, 5.74) is 2.68. The van der Waals surface area contributed by atoms with E-state index in [0.717, 1.165) is 58.3 Å². The first-order chi connectivity index (χ1) is 14.2. The van der Waals surface area contributed by atoms with Crippen LogP contribution in [0.1, 0.15) is 69.0 Å². The molecule has 5 nitrogen and oxygen atoms in total. The fourth-order valence-corrected chi connectivity index (χ4v) is 5.59. The Morgan fingerprint density at radius 1 is 1.03 bits per heavy atom. The standard InChI is InChI=1S/C24H35N3O2/c1-2-22(28)26-14-16-27(17-15-26)23(19-9-3-4-10-19)24(29)25-21-13-7-11-18-8-5-6-12-20(18)21/h5-6,8,12,19,21,23H,2-4,7,9-11,13-17H2,1H3,(H,25,29)/t21-,23+/m0/s1. The number of nitrogens with one attached hydrogen (secondary N) is 1. The topological polar surface area (TPSA) is 52.7 Å². The van der Waals surface area contributed by atoms with Gasteiger partial charge in [-0.05, 0) is 49.1 Å². The zero-order chi connectivity index (χ0) is 20.2. The molecular formula is C24H35N3O2. The zero-order valence-electron chi connectivity index (χ0n) is 17.7. The van der Waals surface area contributed by atoms with Gasteiger partial charge in [-0.3, -0.25) is 14.5 Å². The third-order valence-electron chi connectivity index (χ3n) is 7.16. The highest BCUT2D eigenvalue weighted by Crippen LogP contribution is 2.33. The van der Waals surface area contributed by atoms with Crippen molar-refractivity contribution >= 4 is 11.8 Å². The summed E-state index contributed by atoms with van der Waals surface area (Å²) in [6.45, 7) is 5.03. The van der Waals surface area contributed by atoms with Crippen LogP contribution in [0.5, 0.6) is 0 Å². The second kappa shape index (κ2) is 9.29. The van der Waals surface area contributed by atoms with Crippen molar-refractivity contribution in [2.75, 3.05) is 26.2 Å². The van der Waals surface area contributed by atoms with Crippen LogP contribution < -0.4 is 5.32 Å². The molecular weight excluding hydrogens is 362 g/mol. The lowest BCUT2D eigenvalue weighted by atomic mass is 9.87. The molecule has 5 heteroatoms. The molecule has 2 fully saturated rings. The molecule has 0 spiro atoms. The van der Waals surface area contributed by atoms with Crippen LogP contribution in [0, 0.1) is 5.92 Å². The highest BCUT2D eigenvalue weighted by molar-refractivity contribution is 5.83. The molecule has 1 aliphatic heterocycles. The lowest BCUT2D eigenvalue weighted by molar-refractivity contribution is -0.135. The number of benzene rings is 1. The summed E-state index contributed by atoms with van der Waals surface area (Å²) in [4.78, 5) is 29.9. The van der Waals surface area contributed by atoms with Crippen molar-refractivity contribution < 1.29 is 9.59 Å². The fraction of sp³-hybridized carbons (Fsp3) is 0.667. The molecule has 0 bridgehead atoms. The van der Waals surface area contributed by atoms with Gasteiger partial charge in [0.2, 0.25) is 11.8 Å². The van der Waals surface area contributed by atoms with Gasteiger partial charge in [0.15, 0.2) is 0 Å². The smallest absolute Gasteiger partial charge is 0.238 e. The maximum Gasteiger partial charge on any atom is 0.238 e. The predicted octanol–water partition coefficient (Wildman–Crippen LogP) is 3.29. The minimum atomic E-state index is -0.0505. The summed E-state index contributed by atoms with van der Waals surface area (Å²) in [6.07, 6.45) is 8.59. The Morgan fingerprint density at radius 3 is 2.48 bits per heavy atom. The molecule has 3 aliphatic rings. The van der Waals surface area contributed by atoms with Crippen molar-refractivity contribution in [2.24, 2.45) is 5.92 Å². The van der Waals surface area contributed by atoms with Crippen LogP contribution in [0.25, 0.3) is 0 Å². The predicted molar refractivity (Wildman–Crippen MR) is 114 cm³/mol. The molecule has 158 valence electrons. The zero-order valence-corrected chi connectivity index (χ0v) is 17.7. The molecule has 1 aromatic rings. The summed E-state index contributed by atoms with van der Waals surface area (Å²) in [7, 11) is 0. The van der Waals surface area contributed by atoms with Crippen LogP contribution in [0.15, 0.2) is 24.3 Å². The lowest BCUT2D eigenvalue weighted by Crippen LogP contribution is -2.58. The third-order valence-corrected chi connectivity index (χ3v) is 7.16. The van der Waals surface area contributed by atoms with E-state index >= 15 is 0 Å². The van der Waals surface area contributed by atoms with E-state index < -0.39 is 0 Å². The molecule has 1 heterocycles. The van der Waals surface area contributed by atoms with Crippen molar-refractivity contribution in [1.82, 2.24) is 15.1 Å². The molecule has 0 radical (unpaired) electrons. The van der Waals surface area contributed by atoms with Gasteiger partial charge in [-0.1, -0.05) is 44.0 Å². The highest BCUT2D eigenvalue weighted by atomic mass is 16.2. The Hall–Kier alpha value is -1.88. The van der Waals surface area contributed by atoms with E-state index in [1.54, 1.807) is 0 Å². The van der Waals surface area contributed by atoms with Crippen molar-refractivity contribution in [3.05, 3.63) is 35.4 Å². The normalized spacial score (nSPS) is 24.2. The maximum atomic E-state index is 13.5. The van der Waals surface area contributed by atoms with Crippen molar-refractivity contribution in [1.29, 1.82) is 0 Å². The molecule has 1 saturated heterocycles. The van der Waals surface area contributed by atoms with E-state index in [1.165, 1.54) is 24.0 Å². The SMILES string of the molecule is CCC(=O)N1CCN([C@@H](C(=O)N[C@H]2CCCc3ccccc32)C2CCCC2)CC1. The van der Waals surface area contributed by atoms with Crippen molar-refractivity contribution in [3.63, 3.8) is 0 Å². The number of piperazine rings is 1. The van der Waals surface area contributed by atoms with Gasteiger partial charge in [-0.15, -0.1) is 0 Å². The molecule has 1 saturated carbocycles. The molecule has 29 heavy (non-hydrogen) atoms. The van der Waals surface area contributed by atoms with E-state index in [9.17, 15) is 9.59 Å². The molecule has 0 aromatic heterocycles. The quantitative estimate of drug-likeness (QED) is 0.829. The first-order valence-corrected chi connectivity index (χ1v) is 11.6. The van der Waals surface area contributed by atoms with Gasteiger partial charge in [0.05, 0.1) is 12.1 Å². The molecule has 1 aromatic carbocycles. The number of hydrogen-bond donors (Lipinski definition) is 1. The third kappa shape index (κ3) is 4.50. The lowest BCUT2D eigenvalue weighted by Gasteiger charge is -2.41. The Morgan fingerprint density at radius 2 is 1.76 bits per heavy atom. The van der Waals surface area contributed by atoms with Gasteiger partial charge in [-0.2, -0.15) is 0 Å². The van der Waals surface area contributed by atoms with Crippen LogP contribution in [-0.4, -0.2) is 53.8 Å². The summed E-state index contributed by atoms with van der Waals surface area (Å²) in [5.74, 6) is 0.876. The first-order valence-electron chi connectivity index (χ1n) is 11.6. The molecule has 0 unspecified atom stereocenters. The van der Waals surface area contributed by atoms with Gasteiger partial charge >= 0.3 is 0 Å². The molecule has 2 aliphatic carbocycles. The number of rotatable bonds is 5. The van der Waals surface area contributed by atoms with E-state index in [-0.39, 0.29) is 23.9 Å². The van der Waals surface area contributed by atoms with Gasteiger partial charge in [0, 0.05) is 32.6 Å². The molecule has 4 rings (SSSR count). The van der Waals surface area contributed by atoms with Crippen molar-refractivity contribution in [3.8, 4) is 0 Å². The van der Waals surface area contributed by atoms with Crippen molar-refractivity contribution in [2.45, 2.75) is 70.4 Å². The van der Waals surface area contributed by atoms with Crippen LogP contribution in [0.2, 0.25) is 0 Å². The Bertz CT molecular complexity index is 721. The molecule has 2 amide bonds. The second-order valence-corrected chi connectivity index (χ2v) is 8.91. The summed E-state index contributed by atoms with van der Waals surface area (Å²) in [5, 5.41) is 3.43. The second-order valence-electron chi connectivity index (χ2n) is 8.91. The maximum absolute atomic E-state index is 13.5. The van der Waals surface area contributed by atoms with E-state index in [4.69, 9.17) is 0 Å². The fourth-order valence-electron chi connectivity index (χ4n) is 5.59. The van der Waals surface area contributed by atoms with Gasteiger partial charge in [0.25, 0.3) is 0 Å². The van der Waals surface area contributed by atoms with Gasteiger partial charge in [-0.25, -0.2) is 0 Å². The van der Waals surface area contributed by atoms with Gasteiger partial charge < -0.3 is 10.2 Å². The van der Waals surface area contributed by atoms with E-state index in [2.05, 4.69) is 34.5 Å². The first kappa shape index (κ1) is 20.4. The molecule has 2 atom stereocenters. The monoisotopic (exact) mass is 397 g/mol. The van der Waals surface area contributed by atoms with E-state index in [1.807, 2.05) is 11.8 Å². The Balaban J connectivity index is 1.46. The number of hydrogen-bond acceptors (Lipinski definition) is 3. The van der Waals surface area contributed by atoms with E-state index in [0.29, 0.717) is 12.3 Å². The average molecular weight is 398 g/mol. The summed E-state index contributed by atoms with van der Waals surface area (Å²) >= 11 is 0. The number of amides is 2. The van der Waals surface area contributed by atoms with Crippen LogP contribution >= 0.6 is 0 Å². The summed E-state index contributed by atoms with van der Waals surface area (Å²) in [6, 6.07) is 8.65. The number of carbonyl (C=O) groups is 2. The van der Waals surface area contributed by atoms with Crippen LogP contribution in [0.4, 0.5) is 0 Å². The highest BCUT2D eigenvalue weighted by Gasteiger charge is 2.38. The molecule has 1 N–H and O–H groups in total. The van der Waals surface area contributed by atoms with Gasteiger partial charge in [0.1, 0.15) is 0 Å². The number of nitrogens with zero attached hydrogens (tertiary/aromatic N) is 2.